The lowest BCUT2D eigenvalue weighted by Crippen LogP contribution is -2.55. The number of carboxylic acid groups (broad SMARTS) is 1. The summed E-state index contributed by atoms with van der Waals surface area (Å²) >= 11 is 0. The van der Waals surface area contributed by atoms with Crippen LogP contribution in [0, 0.1) is 17.8 Å². The van der Waals surface area contributed by atoms with Gasteiger partial charge in [0.2, 0.25) is 12.2 Å². The molecule has 2 amide bonds. The molecular formula is C45H66N2O14. The SMILES string of the molecule is CC#CCOc1ccc(C[C@H](NC(=O)[C@@H](C=CCCCCCCC(=O)CCCCCCC)[C@@](O)(CC(=O)OC(C)OC(=O)N(C)CCCOC(C)=O)C(=O)O)C(=O)OC)cc1. The third kappa shape index (κ3) is 22.7. The van der Waals surface area contributed by atoms with E-state index in [1.165, 1.54) is 39.5 Å². The predicted octanol–water partition coefficient (Wildman–Crippen LogP) is 5.85. The third-order valence-electron chi connectivity index (χ3n) is 9.52. The normalized spacial score (nSPS) is 13.3. The van der Waals surface area contributed by atoms with Crippen LogP contribution < -0.4 is 10.1 Å². The van der Waals surface area contributed by atoms with Crippen molar-refractivity contribution in [2.75, 3.05) is 33.9 Å². The number of rotatable bonds is 31. The van der Waals surface area contributed by atoms with Crippen molar-refractivity contribution in [3.8, 4) is 17.6 Å². The first-order chi connectivity index (χ1) is 29.1. The van der Waals surface area contributed by atoms with Crippen molar-refractivity contribution in [3.05, 3.63) is 42.0 Å². The first kappa shape index (κ1) is 53.6. The number of methoxy groups -OCH3 is 1. The molecular weight excluding hydrogens is 792 g/mol. The second-order valence-electron chi connectivity index (χ2n) is 14.7. The van der Waals surface area contributed by atoms with E-state index >= 15 is 0 Å². The van der Waals surface area contributed by atoms with Gasteiger partial charge in [0, 0.05) is 46.7 Å². The number of nitrogens with one attached hydrogen (secondary N) is 1. The molecule has 0 aliphatic carbocycles. The summed E-state index contributed by atoms with van der Waals surface area (Å²) in [6.07, 6.45) is 9.01. The van der Waals surface area contributed by atoms with E-state index in [9.17, 15) is 43.8 Å². The Morgan fingerprint density at radius 1 is 0.918 bits per heavy atom. The molecule has 0 radical (unpaired) electrons. The number of hydrogen-bond acceptors (Lipinski definition) is 13. The molecule has 0 aromatic heterocycles. The van der Waals surface area contributed by atoms with Gasteiger partial charge in [0.15, 0.2) is 5.60 Å². The average molecular weight is 859 g/mol. The number of Topliss-reactive ketones (excluding diaryl/α,β-unsaturated/α-hetero) is 1. The fraction of sp³-hybridized carbons (Fsp3) is 0.622. The summed E-state index contributed by atoms with van der Waals surface area (Å²) in [5, 5.41) is 24.5. The van der Waals surface area contributed by atoms with Gasteiger partial charge in [-0.1, -0.05) is 75.7 Å². The number of aliphatic hydroxyl groups is 1. The lowest BCUT2D eigenvalue weighted by atomic mass is 9.82. The van der Waals surface area contributed by atoms with Crippen LogP contribution in [0.2, 0.25) is 0 Å². The molecule has 0 spiro atoms. The topological polar surface area (TPSA) is 221 Å². The quantitative estimate of drug-likeness (QED) is 0.0199. The summed E-state index contributed by atoms with van der Waals surface area (Å²) in [4.78, 5) is 89.6. The Balaban J connectivity index is 3.14. The zero-order valence-electron chi connectivity index (χ0n) is 36.7. The van der Waals surface area contributed by atoms with Crippen molar-refractivity contribution in [2.45, 2.75) is 142 Å². The monoisotopic (exact) mass is 858 g/mol. The maximum Gasteiger partial charge on any atom is 0.412 e. The second kappa shape index (κ2) is 30.6. The first-order valence-electron chi connectivity index (χ1n) is 21.0. The number of aliphatic carboxylic acids is 1. The lowest BCUT2D eigenvalue weighted by molar-refractivity contribution is -0.182. The van der Waals surface area contributed by atoms with Gasteiger partial charge in [-0.15, -0.1) is 5.92 Å². The van der Waals surface area contributed by atoms with Gasteiger partial charge in [-0.3, -0.25) is 19.2 Å². The molecule has 0 saturated carbocycles. The Hall–Kier alpha value is -5.43. The molecule has 0 aliphatic rings. The standard InChI is InChI=1S/C45H66N2O14/c1-7-9-11-14-17-21-36(49)22-18-15-12-13-16-19-23-38(41(51)46-39(42(52)57-6)31-35-24-26-37(27-25-35)59-29-10-8-2)45(56,43(53)54)32-40(50)60-34(4)61-44(55)47(5)28-20-30-58-33(3)48/h19,23-27,34,38-39,56H,7,9,11-18,20-22,28-32H2,1-6H3,(H,46,51)(H,53,54)/t34?,38-,39+,45+/m1/s1. The smallest absolute Gasteiger partial charge is 0.412 e. The van der Waals surface area contributed by atoms with Crippen molar-refractivity contribution in [3.63, 3.8) is 0 Å². The Morgan fingerprint density at radius 2 is 1.56 bits per heavy atom. The minimum atomic E-state index is -3.09. The van der Waals surface area contributed by atoms with E-state index in [2.05, 4.69) is 24.1 Å². The van der Waals surface area contributed by atoms with E-state index in [4.69, 9.17) is 23.7 Å². The van der Waals surface area contributed by atoms with Crippen LogP contribution in [0.4, 0.5) is 4.79 Å². The fourth-order valence-electron chi connectivity index (χ4n) is 6.06. The summed E-state index contributed by atoms with van der Waals surface area (Å²) in [5.74, 6) is -1.30. The van der Waals surface area contributed by atoms with Crippen molar-refractivity contribution in [1.29, 1.82) is 0 Å². The number of ketones is 1. The van der Waals surface area contributed by atoms with Gasteiger partial charge in [-0.25, -0.2) is 14.4 Å². The second-order valence-corrected chi connectivity index (χ2v) is 14.7. The molecule has 1 aromatic carbocycles. The molecule has 1 unspecified atom stereocenters. The highest BCUT2D eigenvalue weighted by atomic mass is 16.7. The first-order valence-corrected chi connectivity index (χ1v) is 21.0. The van der Waals surface area contributed by atoms with Crippen LogP contribution in [0.25, 0.3) is 0 Å². The van der Waals surface area contributed by atoms with E-state index in [1.54, 1.807) is 31.2 Å². The zero-order valence-corrected chi connectivity index (χ0v) is 36.7. The number of esters is 3. The number of hydrogen-bond donors (Lipinski definition) is 3. The van der Waals surface area contributed by atoms with Gasteiger partial charge in [-0.2, -0.15) is 0 Å². The molecule has 0 aliphatic heterocycles. The maximum absolute atomic E-state index is 14.0. The van der Waals surface area contributed by atoms with Crippen molar-refractivity contribution >= 4 is 41.7 Å². The Labute approximate surface area is 360 Å². The number of carbonyl (C=O) groups excluding carboxylic acids is 6. The zero-order chi connectivity index (χ0) is 45.6. The van der Waals surface area contributed by atoms with Gasteiger partial charge in [0.1, 0.15) is 24.2 Å². The molecule has 0 bridgehead atoms. The van der Waals surface area contributed by atoms with Crippen LogP contribution in [0.1, 0.15) is 123 Å². The Morgan fingerprint density at radius 3 is 2.15 bits per heavy atom. The largest absolute Gasteiger partial charge is 0.481 e. The van der Waals surface area contributed by atoms with Gasteiger partial charge >= 0.3 is 30.0 Å². The minimum Gasteiger partial charge on any atom is -0.481 e. The highest BCUT2D eigenvalue weighted by Crippen LogP contribution is 2.27. The number of allylic oxidation sites excluding steroid dienone is 1. The summed E-state index contributed by atoms with van der Waals surface area (Å²) in [7, 11) is 2.52. The predicted molar refractivity (Wildman–Crippen MR) is 225 cm³/mol. The minimum absolute atomic E-state index is 0.0639. The number of unbranched alkanes of at least 4 members (excludes halogenated alkanes) is 8. The molecule has 1 rings (SSSR count). The number of nitrogens with zero attached hydrogens (tertiary/aromatic N) is 1. The van der Waals surface area contributed by atoms with Gasteiger partial charge in [0.05, 0.1) is 26.1 Å². The number of benzene rings is 1. The molecule has 16 heteroatoms. The van der Waals surface area contributed by atoms with Gasteiger partial charge in [0.25, 0.3) is 0 Å². The fourth-order valence-corrected chi connectivity index (χ4v) is 6.06. The van der Waals surface area contributed by atoms with E-state index in [0.29, 0.717) is 43.4 Å². The molecule has 0 saturated heterocycles. The van der Waals surface area contributed by atoms with Crippen LogP contribution in [0.5, 0.6) is 5.75 Å². The molecule has 4 atom stereocenters. The molecule has 61 heavy (non-hydrogen) atoms. The van der Waals surface area contributed by atoms with Crippen LogP contribution in [0.15, 0.2) is 36.4 Å². The molecule has 0 heterocycles. The molecule has 3 N–H and O–H groups in total. The van der Waals surface area contributed by atoms with Crippen LogP contribution >= 0.6 is 0 Å². The third-order valence-corrected chi connectivity index (χ3v) is 9.52. The number of carbonyl (C=O) groups is 7. The van der Waals surface area contributed by atoms with Crippen LogP contribution in [-0.2, 0) is 54.1 Å². The number of ether oxygens (including phenoxy) is 5. The van der Waals surface area contributed by atoms with E-state index in [0.717, 1.165) is 57.0 Å². The van der Waals surface area contributed by atoms with E-state index in [1.807, 2.05) is 0 Å². The van der Waals surface area contributed by atoms with Gasteiger partial charge in [-0.05, 0) is 56.7 Å². The van der Waals surface area contributed by atoms with Crippen LogP contribution in [0.3, 0.4) is 0 Å². The molecule has 340 valence electrons. The van der Waals surface area contributed by atoms with E-state index in [-0.39, 0.29) is 32.0 Å². The highest BCUT2D eigenvalue weighted by Gasteiger charge is 2.50. The average Bonchev–Trinajstić information content (AvgIpc) is 3.21. The van der Waals surface area contributed by atoms with Crippen molar-refractivity contribution in [1.82, 2.24) is 10.2 Å². The van der Waals surface area contributed by atoms with Crippen molar-refractivity contribution in [2.24, 2.45) is 5.92 Å². The Bertz CT molecular complexity index is 1630. The summed E-state index contributed by atoms with van der Waals surface area (Å²) < 4.78 is 25.5. The molecule has 0 fully saturated rings. The summed E-state index contributed by atoms with van der Waals surface area (Å²) in [6.45, 7) is 6.65. The molecule has 1 aromatic rings. The molecule has 16 nitrogen and oxygen atoms in total. The Kier molecular flexibility index (Phi) is 26.9. The highest BCUT2D eigenvalue weighted by molar-refractivity contribution is 5.95. The van der Waals surface area contributed by atoms with E-state index < -0.39 is 66.1 Å². The summed E-state index contributed by atoms with van der Waals surface area (Å²) in [5.41, 5.74) is -2.51. The van der Waals surface area contributed by atoms with Gasteiger partial charge < -0.3 is 44.1 Å². The maximum atomic E-state index is 14.0. The lowest BCUT2D eigenvalue weighted by Gasteiger charge is -2.30. The number of carboxylic acids is 1. The van der Waals surface area contributed by atoms with Crippen LogP contribution in [-0.4, -0.2) is 109 Å². The number of amides is 2. The van der Waals surface area contributed by atoms with Crippen molar-refractivity contribution < 1.29 is 67.5 Å². The summed E-state index contributed by atoms with van der Waals surface area (Å²) in [6, 6.07) is 5.30.